The van der Waals surface area contributed by atoms with Crippen molar-refractivity contribution in [1.29, 1.82) is 5.26 Å². The Labute approximate surface area is 89.8 Å². The lowest BCUT2D eigenvalue weighted by Gasteiger charge is -2.25. The van der Waals surface area contributed by atoms with Crippen LogP contribution in [0.15, 0.2) is 0 Å². The second kappa shape index (κ2) is 4.99. The topological polar surface area (TPSA) is 74.2 Å². The van der Waals surface area contributed by atoms with Crippen LogP contribution in [0.3, 0.4) is 0 Å². The molecule has 84 valence electrons. The first-order chi connectivity index (χ1) is 7.03. The summed E-state index contributed by atoms with van der Waals surface area (Å²) < 4.78 is 5.18. The lowest BCUT2D eigenvalue weighted by Crippen LogP contribution is -2.51. The third kappa shape index (κ3) is 4.17. The van der Waals surface area contributed by atoms with Gasteiger partial charge in [-0.05, 0) is 26.7 Å². The van der Waals surface area contributed by atoms with Gasteiger partial charge in [-0.1, -0.05) is 0 Å². The Bertz CT molecular complexity index is 264. The molecular formula is C10H17N3O2. The maximum Gasteiger partial charge on any atom is 0.316 e. The van der Waals surface area contributed by atoms with E-state index < -0.39 is 5.54 Å². The molecule has 5 heteroatoms. The molecule has 2 N–H and O–H groups in total. The molecule has 2 amide bonds. The van der Waals surface area contributed by atoms with Gasteiger partial charge in [0.2, 0.25) is 0 Å². The Morgan fingerprint density at radius 3 is 2.60 bits per heavy atom. The van der Waals surface area contributed by atoms with Crippen molar-refractivity contribution >= 4 is 6.03 Å². The summed E-state index contributed by atoms with van der Waals surface area (Å²) in [5.41, 5.74) is -0.824. The number of rotatable bonds is 2. The molecule has 1 heterocycles. The standard InChI is InChI=1S/C10H17N3O2/c1-10(2,7-11)13-9(14)12-8-3-5-15-6-4-8/h8H,3-6H2,1-2H3,(H2,12,13,14). The van der Waals surface area contributed by atoms with Gasteiger partial charge >= 0.3 is 6.03 Å². The van der Waals surface area contributed by atoms with Crippen molar-refractivity contribution in [3.63, 3.8) is 0 Å². The van der Waals surface area contributed by atoms with Crippen molar-refractivity contribution in [3.05, 3.63) is 0 Å². The summed E-state index contributed by atoms with van der Waals surface area (Å²) in [6, 6.07) is 1.89. The second-order valence-corrected chi connectivity index (χ2v) is 4.22. The van der Waals surface area contributed by atoms with Crippen LogP contribution in [0.1, 0.15) is 26.7 Å². The average Bonchev–Trinajstić information content (AvgIpc) is 2.18. The maximum atomic E-state index is 11.5. The normalized spacial score (nSPS) is 17.9. The molecule has 15 heavy (non-hydrogen) atoms. The van der Waals surface area contributed by atoms with Gasteiger partial charge in [-0.15, -0.1) is 0 Å². The molecule has 0 aromatic heterocycles. The smallest absolute Gasteiger partial charge is 0.316 e. The zero-order chi connectivity index (χ0) is 11.3. The first-order valence-corrected chi connectivity index (χ1v) is 5.11. The third-order valence-corrected chi connectivity index (χ3v) is 2.26. The highest BCUT2D eigenvalue weighted by molar-refractivity contribution is 5.75. The Morgan fingerprint density at radius 1 is 1.47 bits per heavy atom. The minimum absolute atomic E-state index is 0.160. The molecule has 1 rings (SSSR count). The molecule has 1 aliphatic heterocycles. The molecule has 0 radical (unpaired) electrons. The molecule has 1 fully saturated rings. The Kier molecular flexibility index (Phi) is 3.92. The number of amides is 2. The summed E-state index contributed by atoms with van der Waals surface area (Å²) >= 11 is 0. The molecule has 0 atom stereocenters. The predicted molar refractivity (Wildman–Crippen MR) is 55.2 cm³/mol. The van der Waals surface area contributed by atoms with Crippen LogP contribution >= 0.6 is 0 Å². The average molecular weight is 211 g/mol. The number of hydrogen-bond acceptors (Lipinski definition) is 3. The molecule has 0 bridgehead atoms. The van der Waals surface area contributed by atoms with Gasteiger partial charge in [-0.3, -0.25) is 0 Å². The summed E-state index contributed by atoms with van der Waals surface area (Å²) in [6.45, 7) is 4.70. The molecular weight excluding hydrogens is 194 g/mol. The maximum absolute atomic E-state index is 11.5. The Morgan fingerprint density at radius 2 is 2.07 bits per heavy atom. The molecule has 5 nitrogen and oxygen atoms in total. The molecule has 0 saturated carbocycles. The van der Waals surface area contributed by atoms with Crippen LogP contribution < -0.4 is 10.6 Å². The highest BCUT2D eigenvalue weighted by Gasteiger charge is 2.22. The zero-order valence-electron chi connectivity index (χ0n) is 9.17. The molecule has 1 aliphatic rings. The van der Waals surface area contributed by atoms with Gasteiger partial charge in [0.25, 0.3) is 0 Å². The van der Waals surface area contributed by atoms with Gasteiger partial charge in [0, 0.05) is 19.3 Å². The fourth-order valence-electron chi connectivity index (χ4n) is 1.38. The number of hydrogen-bond donors (Lipinski definition) is 2. The van der Waals surface area contributed by atoms with Crippen LogP contribution in [0.5, 0.6) is 0 Å². The summed E-state index contributed by atoms with van der Waals surface area (Å²) in [5.74, 6) is 0. The van der Waals surface area contributed by atoms with Gasteiger partial charge in [0.1, 0.15) is 5.54 Å². The van der Waals surface area contributed by atoms with Crippen LogP contribution in [0.25, 0.3) is 0 Å². The molecule has 0 unspecified atom stereocenters. The Balaban J connectivity index is 2.32. The van der Waals surface area contributed by atoms with Gasteiger partial charge in [-0.2, -0.15) is 5.26 Å². The van der Waals surface area contributed by atoms with Crippen molar-refractivity contribution in [2.24, 2.45) is 0 Å². The first-order valence-electron chi connectivity index (χ1n) is 5.11. The van der Waals surface area contributed by atoms with E-state index in [0.29, 0.717) is 13.2 Å². The highest BCUT2D eigenvalue weighted by atomic mass is 16.5. The van der Waals surface area contributed by atoms with Crippen molar-refractivity contribution in [2.45, 2.75) is 38.3 Å². The number of carbonyl (C=O) groups excluding carboxylic acids is 1. The molecule has 0 aromatic carbocycles. The summed E-state index contributed by atoms with van der Waals surface area (Å²) in [7, 11) is 0. The Hall–Kier alpha value is -1.28. The number of carbonyl (C=O) groups is 1. The lowest BCUT2D eigenvalue weighted by atomic mass is 10.1. The van der Waals surface area contributed by atoms with Crippen LogP contribution in [-0.4, -0.2) is 30.8 Å². The molecule has 1 saturated heterocycles. The van der Waals surface area contributed by atoms with Gasteiger partial charge < -0.3 is 15.4 Å². The zero-order valence-corrected chi connectivity index (χ0v) is 9.17. The van der Waals surface area contributed by atoms with Crippen molar-refractivity contribution < 1.29 is 9.53 Å². The van der Waals surface area contributed by atoms with E-state index in [-0.39, 0.29) is 12.1 Å². The van der Waals surface area contributed by atoms with Crippen LogP contribution in [0, 0.1) is 11.3 Å². The fourth-order valence-corrected chi connectivity index (χ4v) is 1.38. The van der Waals surface area contributed by atoms with E-state index in [4.69, 9.17) is 10.00 Å². The largest absolute Gasteiger partial charge is 0.381 e. The van der Waals surface area contributed by atoms with E-state index in [1.165, 1.54) is 0 Å². The van der Waals surface area contributed by atoms with Crippen molar-refractivity contribution in [3.8, 4) is 6.07 Å². The highest BCUT2D eigenvalue weighted by Crippen LogP contribution is 2.06. The SMILES string of the molecule is CC(C)(C#N)NC(=O)NC1CCOCC1. The molecule has 0 spiro atoms. The molecule has 0 aromatic rings. The summed E-state index contributed by atoms with van der Waals surface area (Å²) in [5, 5.41) is 14.2. The van der Waals surface area contributed by atoms with E-state index in [2.05, 4.69) is 10.6 Å². The molecule has 0 aliphatic carbocycles. The number of nitrogens with one attached hydrogen (secondary N) is 2. The van der Waals surface area contributed by atoms with Crippen LogP contribution in [-0.2, 0) is 4.74 Å². The summed E-state index contributed by atoms with van der Waals surface area (Å²) in [4.78, 5) is 11.5. The third-order valence-electron chi connectivity index (χ3n) is 2.26. The predicted octanol–water partition coefficient (Wildman–Crippen LogP) is 0.767. The number of nitriles is 1. The van der Waals surface area contributed by atoms with E-state index in [1.807, 2.05) is 6.07 Å². The minimum Gasteiger partial charge on any atom is -0.381 e. The lowest BCUT2D eigenvalue weighted by molar-refractivity contribution is 0.0799. The van der Waals surface area contributed by atoms with E-state index in [0.717, 1.165) is 12.8 Å². The van der Waals surface area contributed by atoms with Gasteiger partial charge in [0.05, 0.1) is 6.07 Å². The van der Waals surface area contributed by atoms with E-state index in [9.17, 15) is 4.79 Å². The van der Waals surface area contributed by atoms with Crippen molar-refractivity contribution in [1.82, 2.24) is 10.6 Å². The second-order valence-electron chi connectivity index (χ2n) is 4.22. The number of ether oxygens (including phenoxy) is 1. The van der Waals surface area contributed by atoms with Gasteiger partial charge in [-0.25, -0.2) is 4.79 Å². The summed E-state index contributed by atoms with van der Waals surface area (Å²) in [6.07, 6.45) is 1.67. The first kappa shape index (κ1) is 11.8. The fraction of sp³-hybridized carbons (Fsp3) is 0.800. The number of urea groups is 1. The van der Waals surface area contributed by atoms with E-state index in [1.54, 1.807) is 13.8 Å². The van der Waals surface area contributed by atoms with Gasteiger partial charge in [0.15, 0.2) is 0 Å². The van der Waals surface area contributed by atoms with Crippen molar-refractivity contribution in [2.75, 3.05) is 13.2 Å². The van der Waals surface area contributed by atoms with E-state index >= 15 is 0 Å². The quantitative estimate of drug-likeness (QED) is 0.708. The van der Waals surface area contributed by atoms with Crippen LogP contribution in [0.2, 0.25) is 0 Å². The minimum atomic E-state index is -0.824. The number of nitrogens with zero attached hydrogens (tertiary/aromatic N) is 1. The van der Waals surface area contributed by atoms with Crippen LogP contribution in [0.4, 0.5) is 4.79 Å². The monoisotopic (exact) mass is 211 g/mol.